The van der Waals surface area contributed by atoms with E-state index in [9.17, 15) is 18.3 Å². The molecule has 2 atom stereocenters. The number of nitrogens with zero attached hydrogens (tertiary/aromatic N) is 2. The van der Waals surface area contributed by atoms with E-state index < -0.39 is 21.6 Å². The fourth-order valence-electron chi connectivity index (χ4n) is 5.07. The molecule has 5 rings (SSSR count). The Labute approximate surface area is 170 Å². The monoisotopic (exact) mass is 412 g/mol. The third-order valence-corrected chi connectivity index (χ3v) is 8.54. The van der Waals surface area contributed by atoms with Crippen molar-refractivity contribution in [2.45, 2.75) is 35.2 Å². The van der Waals surface area contributed by atoms with Gasteiger partial charge in [-0.25, -0.2) is 8.42 Å². The van der Waals surface area contributed by atoms with Gasteiger partial charge in [0.05, 0.1) is 23.1 Å². The Balaban J connectivity index is 1.54. The van der Waals surface area contributed by atoms with Gasteiger partial charge in [-0.2, -0.15) is 4.31 Å². The van der Waals surface area contributed by atoms with Crippen molar-refractivity contribution in [3.05, 3.63) is 66.2 Å². The van der Waals surface area contributed by atoms with Crippen LogP contribution in [0, 0.1) is 5.92 Å². The lowest BCUT2D eigenvalue weighted by molar-refractivity contribution is -0.168. The number of hydrogen-bond donors (Lipinski definition) is 1. The molecule has 7 heteroatoms. The zero-order valence-corrected chi connectivity index (χ0v) is 16.8. The third kappa shape index (κ3) is 2.75. The minimum absolute atomic E-state index is 0.107. The highest BCUT2D eigenvalue weighted by Gasteiger charge is 2.70. The molecule has 6 nitrogen and oxygen atoms in total. The van der Waals surface area contributed by atoms with Crippen molar-refractivity contribution < 1.29 is 18.3 Å². The van der Waals surface area contributed by atoms with Crippen LogP contribution in [-0.2, 0) is 14.8 Å². The van der Waals surface area contributed by atoms with Crippen molar-refractivity contribution >= 4 is 15.9 Å². The first-order chi connectivity index (χ1) is 14.0. The van der Waals surface area contributed by atoms with Gasteiger partial charge in [0.2, 0.25) is 15.9 Å². The molecule has 2 aromatic carbocycles. The van der Waals surface area contributed by atoms with Gasteiger partial charge in [0.1, 0.15) is 0 Å². The molecule has 29 heavy (non-hydrogen) atoms. The van der Waals surface area contributed by atoms with E-state index in [-0.39, 0.29) is 29.2 Å². The van der Waals surface area contributed by atoms with Gasteiger partial charge < -0.3 is 10.0 Å². The molecule has 2 saturated heterocycles. The molecule has 2 aliphatic heterocycles. The van der Waals surface area contributed by atoms with Crippen LogP contribution in [0.1, 0.15) is 24.3 Å². The van der Waals surface area contributed by atoms with Gasteiger partial charge in [-0.15, -0.1) is 0 Å². The van der Waals surface area contributed by atoms with Gasteiger partial charge in [-0.05, 0) is 30.5 Å². The third-order valence-electron chi connectivity index (χ3n) is 6.52. The molecule has 1 amide bonds. The molecule has 1 aliphatic carbocycles. The quantitative estimate of drug-likeness (QED) is 0.813. The summed E-state index contributed by atoms with van der Waals surface area (Å²) in [6.45, 7) is 0.499. The zero-order valence-electron chi connectivity index (χ0n) is 16.0. The summed E-state index contributed by atoms with van der Waals surface area (Å²) in [6, 6.07) is 17.5. The van der Waals surface area contributed by atoms with Crippen LogP contribution in [0.25, 0.3) is 0 Å². The van der Waals surface area contributed by atoms with Crippen LogP contribution in [0.2, 0.25) is 0 Å². The molecular formula is C22H24N2O4S. The normalized spacial score (nSPS) is 26.0. The van der Waals surface area contributed by atoms with Crippen LogP contribution in [0.3, 0.4) is 0 Å². The number of carbonyl (C=O) groups is 1. The van der Waals surface area contributed by atoms with Crippen LogP contribution >= 0.6 is 0 Å². The first-order valence-electron chi connectivity index (χ1n) is 10.0. The smallest absolute Gasteiger partial charge is 0.244 e. The highest BCUT2D eigenvalue weighted by Crippen LogP contribution is 2.56. The Hall–Kier alpha value is -2.22. The Bertz CT molecular complexity index is 1020. The van der Waals surface area contributed by atoms with Crippen molar-refractivity contribution in [3.63, 3.8) is 0 Å². The van der Waals surface area contributed by atoms with Crippen molar-refractivity contribution in [1.82, 2.24) is 9.21 Å². The SMILES string of the molecule is O=C(C1CC1)N1CC2(C1)[C@@H](c1ccccc1)[C@@H](CO)N2S(=O)(=O)c1ccccc1. The standard InChI is InChI=1S/C22H24N2O4S/c25-13-19-20(16-7-3-1-4-8-16)22(14-23(15-22)21(26)17-11-12-17)24(19)29(27,28)18-9-5-2-6-10-18/h1-10,17,19-20,25H,11-15H2/t19-,20+/m1/s1. The predicted octanol–water partition coefficient (Wildman–Crippen LogP) is 1.83. The summed E-state index contributed by atoms with van der Waals surface area (Å²) in [5.41, 5.74) is 0.304. The summed E-state index contributed by atoms with van der Waals surface area (Å²) in [6.07, 6.45) is 1.85. The van der Waals surface area contributed by atoms with Crippen molar-refractivity contribution in [2.24, 2.45) is 5.92 Å². The van der Waals surface area contributed by atoms with E-state index in [4.69, 9.17) is 0 Å². The average molecular weight is 413 g/mol. The number of aliphatic hydroxyl groups is 1. The minimum Gasteiger partial charge on any atom is -0.395 e. The minimum atomic E-state index is -3.79. The summed E-state index contributed by atoms with van der Waals surface area (Å²) in [4.78, 5) is 14.5. The maximum absolute atomic E-state index is 13.5. The van der Waals surface area contributed by atoms with Gasteiger partial charge in [-0.3, -0.25) is 4.79 Å². The first kappa shape index (κ1) is 18.8. The lowest BCUT2D eigenvalue weighted by Crippen LogP contribution is -2.85. The van der Waals surface area contributed by atoms with Crippen molar-refractivity contribution in [1.29, 1.82) is 0 Å². The second-order valence-electron chi connectivity index (χ2n) is 8.32. The fourth-order valence-corrected chi connectivity index (χ4v) is 7.05. The fraction of sp³-hybridized carbons (Fsp3) is 0.409. The number of amides is 1. The molecule has 152 valence electrons. The van der Waals surface area contributed by atoms with E-state index in [0.717, 1.165) is 18.4 Å². The van der Waals surface area contributed by atoms with Crippen molar-refractivity contribution in [2.75, 3.05) is 19.7 Å². The number of rotatable bonds is 5. The van der Waals surface area contributed by atoms with E-state index in [2.05, 4.69) is 0 Å². The Morgan fingerprint density at radius 3 is 2.14 bits per heavy atom. The van der Waals surface area contributed by atoms with Gasteiger partial charge in [0.15, 0.2) is 0 Å². The summed E-state index contributed by atoms with van der Waals surface area (Å²) in [5.74, 6) is 0.0952. The Kier molecular flexibility index (Phi) is 4.31. The Morgan fingerprint density at radius 2 is 1.59 bits per heavy atom. The molecule has 2 heterocycles. The summed E-state index contributed by atoms with van der Waals surface area (Å²) in [5, 5.41) is 10.1. The van der Waals surface area contributed by atoms with Crippen LogP contribution in [0.4, 0.5) is 0 Å². The second kappa shape index (κ2) is 6.65. The molecule has 0 radical (unpaired) electrons. The van der Waals surface area contributed by atoms with Gasteiger partial charge in [0.25, 0.3) is 0 Å². The molecular weight excluding hydrogens is 388 g/mol. The van der Waals surface area contributed by atoms with Crippen LogP contribution < -0.4 is 0 Å². The maximum atomic E-state index is 13.5. The summed E-state index contributed by atoms with van der Waals surface area (Å²) in [7, 11) is -3.79. The molecule has 0 aromatic heterocycles. The number of sulfonamides is 1. The number of hydrogen-bond acceptors (Lipinski definition) is 4. The highest BCUT2D eigenvalue weighted by molar-refractivity contribution is 7.89. The zero-order chi connectivity index (χ0) is 20.2. The lowest BCUT2D eigenvalue weighted by Gasteiger charge is -2.69. The van der Waals surface area contributed by atoms with Crippen LogP contribution in [0.15, 0.2) is 65.6 Å². The van der Waals surface area contributed by atoms with E-state index in [0.29, 0.717) is 13.1 Å². The van der Waals surface area contributed by atoms with Crippen LogP contribution in [-0.4, -0.2) is 59.9 Å². The molecule has 0 unspecified atom stereocenters. The highest BCUT2D eigenvalue weighted by atomic mass is 32.2. The molecule has 0 bridgehead atoms. The molecule has 3 aliphatic rings. The summed E-state index contributed by atoms with van der Waals surface area (Å²) < 4.78 is 28.5. The van der Waals surface area contributed by atoms with Gasteiger partial charge in [0, 0.05) is 24.9 Å². The lowest BCUT2D eigenvalue weighted by atomic mass is 9.63. The van der Waals surface area contributed by atoms with Gasteiger partial charge >= 0.3 is 0 Å². The van der Waals surface area contributed by atoms with E-state index >= 15 is 0 Å². The largest absolute Gasteiger partial charge is 0.395 e. The molecule has 1 saturated carbocycles. The Morgan fingerprint density at radius 1 is 1.00 bits per heavy atom. The number of aliphatic hydroxyl groups excluding tert-OH is 1. The summed E-state index contributed by atoms with van der Waals surface area (Å²) >= 11 is 0. The molecule has 1 spiro atoms. The van der Waals surface area contributed by atoms with Crippen LogP contribution in [0.5, 0.6) is 0 Å². The molecule has 2 aromatic rings. The topological polar surface area (TPSA) is 77.9 Å². The number of carbonyl (C=O) groups excluding carboxylic acids is 1. The van der Waals surface area contributed by atoms with E-state index in [1.165, 1.54) is 4.31 Å². The average Bonchev–Trinajstić information content (AvgIpc) is 3.53. The van der Waals surface area contributed by atoms with E-state index in [1.54, 1.807) is 35.2 Å². The molecule has 1 N–H and O–H groups in total. The first-order valence-corrected chi connectivity index (χ1v) is 11.5. The number of benzene rings is 2. The van der Waals surface area contributed by atoms with E-state index in [1.807, 2.05) is 30.3 Å². The second-order valence-corrected chi connectivity index (χ2v) is 10.1. The maximum Gasteiger partial charge on any atom is 0.244 e. The molecule has 3 fully saturated rings. The van der Waals surface area contributed by atoms with Crippen molar-refractivity contribution in [3.8, 4) is 0 Å². The number of likely N-dealkylation sites (tertiary alicyclic amines) is 1. The predicted molar refractivity (Wildman–Crippen MR) is 108 cm³/mol. The van der Waals surface area contributed by atoms with Gasteiger partial charge in [-0.1, -0.05) is 48.5 Å².